The van der Waals surface area contributed by atoms with Gasteiger partial charge in [-0.25, -0.2) is 0 Å². The van der Waals surface area contributed by atoms with Gasteiger partial charge in [0.05, 0.1) is 55.4 Å². The van der Waals surface area contributed by atoms with E-state index in [1.807, 2.05) is 18.2 Å². The van der Waals surface area contributed by atoms with E-state index in [9.17, 15) is 11.0 Å². The number of rotatable bonds is 12. The normalized spacial score (nSPS) is 13.7. The molecular weight excluding hydrogens is 1460 g/mol. The second-order valence-electron chi connectivity index (χ2n) is 35.5. The van der Waals surface area contributed by atoms with E-state index in [1.54, 1.807) is 4.57 Å². The third-order valence-corrected chi connectivity index (χ3v) is 25.0. The van der Waals surface area contributed by atoms with E-state index in [-0.39, 0.29) is 50.1 Å². The van der Waals surface area contributed by atoms with Gasteiger partial charge in [-0.15, -0.1) is 0 Å². The molecule has 2 aliphatic rings. The van der Waals surface area contributed by atoms with Gasteiger partial charge < -0.3 is 28.4 Å². The van der Waals surface area contributed by atoms with Crippen molar-refractivity contribution in [3.05, 3.63) is 405 Å². The van der Waals surface area contributed by atoms with E-state index in [2.05, 4.69) is 408 Å². The summed E-state index contributed by atoms with van der Waals surface area (Å²) in [6.45, 7) is 20.1. The van der Waals surface area contributed by atoms with Crippen LogP contribution in [0.25, 0.3) is 127 Å². The van der Waals surface area contributed by atoms with Gasteiger partial charge in [-0.3, -0.25) is 0 Å². The summed E-state index contributed by atoms with van der Waals surface area (Å²) in [6, 6.07) is 120. The van der Waals surface area contributed by atoms with Gasteiger partial charge in [0.25, 0.3) is 6.71 Å². The maximum absolute atomic E-state index is 10.0. The number of fused-ring (bicyclic) bond motifs is 13. The summed E-state index contributed by atoms with van der Waals surface area (Å²) in [5.41, 5.74) is 28.6. The molecule has 0 unspecified atom stereocenters. The topological polar surface area (TPSA) is 24.5 Å². The zero-order valence-electron chi connectivity index (χ0n) is 77.1. The SMILES string of the molecule is [2H]c1c([2H])c([2H])c2c(c1[2H])c1c([2H])c([2H])c([2H])c([2H])c1n2-c1ccc2c(c1)N(c1cc(-c3ccccc3)cc(-c3ccccc3)c1)c1cc(-n3c4ccccc4c4cc(N(c5ccccc5)c5ccccc5)ccc43)cc3c1B2c1ccc(-n2c4ccc(C(C)(C)C)cc4c4cc(C(C)(C)C)ccc42)cc1N3c1c(-c2ccccc2)cc(C(C)(C)C)cc1-c1ccccc1. The molecule has 0 fully saturated rings. The fourth-order valence-electron chi connectivity index (χ4n) is 19.1. The zero-order chi connectivity index (χ0) is 88.7. The quantitative estimate of drug-likeness (QED) is 0.114. The maximum Gasteiger partial charge on any atom is 0.252 e. The van der Waals surface area contributed by atoms with Crippen LogP contribution >= 0.6 is 0 Å². The molecule has 6 nitrogen and oxygen atoms in total. The molecule has 20 aromatic rings. The van der Waals surface area contributed by atoms with Crippen molar-refractivity contribution in [2.24, 2.45) is 0 Å². The lowest BCUT2D eigenvalue weighted by Gasteiger charge is -2.45. The Balaban J connectivity index is 0.937. The van der Waals surface area contributed by atoms with Gasteiger partial charge in [0.15, 0.2) is 0 Å². The molecule has 0 atom stereocenters. The van der Waals surface area contributed by atoms with Crippen molar-refractivity contribution in [2.75, 3.05) is 14.7 Å². The first-order valence-corrected chi connectivity index (χ1v) is 41.9. The van der Waals surface area contributed by atoms with E-state index in [1.165, 1.54) is 16.7 Å². The molecule has 0 saturated carbocycles. The highest BCUT2D eigenvalue weighted by molar-refractivity contribution is 7.00. The highest BCUT2D eigenvalue weighted by Crippen LogP contribution is 2.55. The Labute approximate surface area is 719 Å². The molecule has 0 spiro atoms. The number of para-hydroxylation sites is 5. The van der Waals surface area contributed by atoms with Crippen LogP contribution in [-0.4, -0.2) is 20.4 Å². The molecule has 0 radical (unpaired) electrons. The molecule has 3 aromatic heterocycles. The fourth-order valence-corrected chi connectivity index (χ4v) is 19.1. The third kappa shape index (κ3) is 12.1. The van der Waals surface area contributed by atoms with Crippen LogP contribution in [0.2, 0.25) is 0 Å². The third-order valence-electron chi connectivity index (χ3n) is 25.0. The van der Waals surface area contributed by atoms with Crippen LogP contribution in [0.4, 0.5) is 51.2 Å². The molecule has 22 rings (SSSR count). The molecular formula is C114H91BN6. The highest BCUT2D eigenvalue weighted by atomic mass is 15.2. The molecule has 5 heterocycles. The summed E-state index contributed by atoms with van der Waals surface area (Å²) < 4.78 is 83.3. The number of hydrogen-bond acceptors (Lipinski definition) is 3. The smallest absolute Gasteiger partial charge is 0.252 e. The van der Waals surface area contributed by atoms with Crippen molar-refractivity contribution in [1.82, 2.24) is 13.7 Å². The lowest BCUT2D eigenvalue weighted by Crippen LogP contribution is -2.61. The van der Waals surface area contributed by atoms with E-state index in [0.717, 1.165) is 167 Å². The lowest BCUT2D eigenvalue weighted by atomic mass is 9.33. The Bertz CT molecular complexity index is 7720. The number of nitrogens with zero attached hydrogens (tertiary/aromatic N) is 6. The molecule has 580 valence electrons. The standard InChI is InChI=1S/C114H91BN6/c1-112(2,3)80-52-59-103-95(65-80)96-66-81(113(4,5)6)53-60-104(96)118(103)87-55-58-99-107(71-87)121(111-93(76-38-20-12-21-39-76)67-82(114(7,8)9)68-94(111)77-40-22-13-23-41-77)109-73-89(119-102-51-33-30-48-92(102)97-69-85(56-61-105(97)119)116(83-42-24-14-25-43-83)84-44-26-15-27-45-84)72-108-110(109)115(99)98-57-54-86(117-100-49-31-28-46-90(100)91-47-29-32-50-101(91)117)70-106(98)120(108)88-63-78(74-34-16-10-17-35-74)62-79(64-88)75-36-18-11-19-37-75/h10-73H,1-9H3/i28D,29D,31D,32D,46D,47D,49D,50D. The number of anilines is 9. The Hall–Kier alpha value is -14.4. The Morgan fingerprint density at radius 1 is 0.256 bits per heavy atom. The second kappa shape index (κ2) is 28.2. The summed E-state index contributed by atoms with van der Waals surface area (Å²) in [5.74, 6) is 0. The van der Waals surface area contributed by atoms with Crippen molar-refractivity contribution in [1.29, 1.82) is 0 Å². The van der Waals surface area contributed by atoms with E-state index >= 15 is 0 Å². The molecule has 0 saturated heterocycles. The van der Waals surface area contributed by atoms with Gasteiger partial charge in [-0.2, -0.15) is 0 Å². The average Bonchev–Trinajstić information content (AvgIpc) is 1.30. The molecule has 0 N–H and O–H groups in total. The molecule has 7 heteroatoms. The Morgan fingerprint density at radius 2 is 0.645 bits per heavy atom. The maximum atomic E-state index is 10.0. The minimum Gasteiger partial charge on any atom is -0.311 e. The summed E-state index contributed by atoms with van der Waals surface area (Å²) in [6.07, 6.45) is 0. The lowest BCUT2D eigenvalue weighted by molar-refractivity contribution is 0.590. The minimum atomic E-state index is -0.581. The van der Waals surface area contributed by atoms with Gasteiger partial charge >= 0.3 is 0 Å². The molecule has 17 aromatic carbocycles. The number of benzene rings is 17. The van der Waals surface area contributed by atoms with Crippen molar-refractivity contribution in [3.8, 4) is 61.6 Å². The first kappa shape index (κ1) is 64.7. The van der Waals surface area contributed by atoms with Crippen LogP contribution in [0.5, 0.6) is 0 Å². The summed E-state index contributed by atoms with van der Waals surface area (Å²) in [4.78, 5) is 7.35. The van der Waals surface area contributed by atoms with Crippen LogP contribution in [0, 0.1) is 0 Å². The van der Waals surface area contributed by atoms with Crippen LogP contribution in [0.15, 0.2) is 388 Å². The van der Waals surface area contributed by atoms with Gasteiger partial charge in [0.2, 0.25) is 0 Å². The van der Waals surface area contributed by atoms with Gasteiger partial charge in [0, 0.05) is 100 Å². The predicted octanol–water partition coefficient (Wildman–Crippen LogP) is 29.1. The predicted molar refractivity (Wildman–Crippen MR) is 516 cm³/mol. The van der Waals surface area contributed by atoms with Crippen LogP contribution in [0.1, 0.15) is 90.0 Å². The minimum absolute atomic E-state index is 0.00341. The molecule has 0 amide bonds. The Kier molecular flexibility index (Phi) is 15.0. The Morgan fingerprint density at radius 3 is 1.13 bits per heavy atom. The first-order valence-electron chi connectivity index (χ1n) is 45.9. The van der Waals surface area contributed by atoms with Gasteiger partial charge in [0.1, 0.15) is 0 Å². The molecule has 0 bridgehead atoms. The van der Waals surface area contributed by atoms with Gasteiger partial charge in [-0.05, 0) is 234 Å². The second-order valence-corrected chi connectivity index (χ2v) is 35.5. The summed E-state index contributed by atoms with van der Waals surface area (Å²) >= 11 is 0. The monoisotopic (exact) mass is 1560 g/mol. The summed E-state index contributed by atoms with van der Waals surface area (Å²) in [7, 11) is 0. The number of hydrogen-bond donors (Lipinski definition) is 0. The van der Waals surface area contributed by atoms with Crippen LogP contribution < -0.4 is 31.1 Å². The highest BCUT2D eigenvalue weighted by Gasteiger charge is 2.46. The fraction of sp³-hybridized carbons (Fsp3) is 0.105. The largest absolute Gasteiger partial charge is 0.311 e. The zero-order valence-corrected chi connectivity index (χ0v) is 69.1. The molecule has 121 heavy (non-hydrogen) atoms. The van der Waals surface area contributed by atoms with E-state index in [4.69, 9.17) is 0 Å². The molecule has 0 aliphatic carbocycles. The van der Waals surface area contributed by atoms with Crippen LogP contribution in [-0.2, 0) is 16.2 Å². The van der Waals surface area contributed by atoms with E-state index in [0.29, 0.717) is 5.69 Å². The van der Waals surface area contributed by atoms with Crippen LogP contribution in [0.3, 0.4) is 0 Å². The number of aromatic nitrogens is 3. The van der Waals surface area contributed by atoms with Gasteiger partial charge in [-0.1, -0.05) is 299 Å². The van der Waals surface area contributed by atoms with E-state index < -0.39 is 43.0 Å². The molecule has 2 aliphatic heterocycles. The van der Waals surface area contributed by atoms with Crippen molar-refractivity contribution < 1.29 is 11.0 Å². The first-order chi connectivity index (χ1) is 62.2. The van der Waals surface area contributed by atoms with Crippen molar-refractivity contribution in [3.63, 3.8) is 0 Å². The average molecular weight is 1560 g/mol. The van der Waals surface area contributed by atoms with Crippen molar-refractivity contribution in [2.45, 2.75) is 78.6 Å². The summed E-state index contributed by atoms with van der Waals surface area (Å²) in [5, 5.41) is 4.41. The van der Waals surface area contributed by atoms with Crippen molar-refractivity contribution >= 4 is 140 Å².